The number of phenolic OH excluding ortho intramolecular Hbond substituents is 1. The standard InChI is InChI=1S/C14H19N3O4/c1-21-12-6-5-9(8-11(12)18)14(19)17-7-3-2-4-10(17)13(15)16-20/h5-6,8,10,18,20H,2-4,7H2,1H3,(H2,15,16). The first-order chi connectivity index (χ1) is 10.1. The lowest BCUT2D eigenvalue weighted by Gasteiger charge is -2.34. The predicted molar refractivity (Wildman–Crippen MR) is 76.7 cm³/mol. The lowest BCUT2D eigenvalue weighted by atomic mass is 10.00. The van der Waals surface area contributed by atoms with Crippen LogP contribution in [0.15, 0.2) is 23.4 Å². The molecule has 1 atom stereocenters. The highest BCUT2D eigenvalue weighted by Gasteiger charge is 2.30. The van der Waals surface area contributed by atoms with Crippen molar-refractivity contribution in [1.29, 1.82) is 0 Å². The van der Waals surface area contributed by atoms with Gasteiger partial charge >= 0.3 is 0 Å². The Labute approximate surface area is 122 Å². The molecule has 1 aromatic carbocycles. The molecule has 2 rings (SSSR count). The van der Waals surface area contributed by atoms with Crippen LogP contribution in [0.25, 0.3) is 0 Å². The van der Waals surface area contributed by atoms with E-state index in [1.54, 1.807) is 11.0 Å². The van der Waals surface area contributed by atoms with Crippen LogP contribution < -0.4 is 10.5 Å². The van der Waals surface area contributed by atoms with Gasteiger partial charge in [0.1, 0.15) is 0 Å². The molecule has 7 heteroatoms. The highest BCUT2D eigenvalue weighted by molar-refractivity contribution is 5.98. The number of methoxy groups -OCH3 is 1. The van der Waals surface area contributed by atoms with Gasteiger partial charge in [0.15, 0.2) is 17.3 Å². The maximum absolute atomic E-state index is 12.6. The summed E-state index contributed by atoms with van der Waals surface area (Å²) in [6.45, 7) is 0.534. The van der Waals surface area contributed by atoms with Crippen LogP contribution in [0.2, 0.25) is 0 Å². The molecule has 1 aliphatic rings. The number of carbonyl (C=O) groups is 1. The van der Waals surface area contributed by atoms with Gasteiger partial charge in [-0.3, -0.25) is 4.79 Å². The Morgan fingerprint density at radius 1 is 1.48 bits per heavy atom. The van der Waals surface area contributed by atoms with Crippen LogP contribution in [0.5, 0.6) is 11.5 Å². The molecule has 21 heavy (non-hydrogen) atoms. The monoisotopic (exact) mass is 293 g/mol. The van der Waals surface area contributed by atoms with E-state index in [1.165, 1.54) is 19.2 Å². The molecule has 0 bridgehead atoms. The Morgan fingerprint density at radius 3 is 2.86 bits per heavy atom. The summed E-state index contributed by atoms with van der Waals surface area (Å²) in [6, 6.07) is 4.06. The maximum atomic E-state index is 12.6. The van der Waals surface area contributed by atoms with Gasteiger partial charge in [0.2, 0.25) is 0 Å². The van der Waals surface area contributed by atoms with Crippen LogP contribution in [-0.4, -0.2) is 46.7 Å². The number of carbonyl (C=O) groups excluding carboxylic acids is 1. The van der Waals surface area contributed by atoms with E-state index in [0.29, 0.717) is 24.3 Å². The van der Waals surface area contributed by atoms with Crippen molar-refractivity contribution in [2.45, 2.75) is 25.3 Å². The molecule has 1 amide bonds. The summed E-state index contributed by atoms with van der Waals surface area (Å²) in [6.07, 6.45) is 2.44. The van der Waals surface area contributed by atoms with Gasteiger partial charge in [-0.05, 0) is 37.5 Å². The van der Waals surface area contributed by atoms with Gasteiger partial charge in [0, 0.05) is 12.1 Å². The third-order valence-corrected chi connectivity index (χ3v) is 3.65. The molecule has 1 saturated heterocycles. The number of hydrogen-bond acceptors (Lipinski definition) is 5. The zero-order valence-electron chi connectivity index (χ0n) is 11.8. The molecule has 1 heterocycles. The first-order valence-corrected chi connectivity index (χ1v) is 6.74. The van der Waals surface area contributed by atoms with Crippen LogP contribution in [0.3, 0.4) is 0 Å². The average Bonchev–Trinajstić information content (AvgIpc) is 2.53. The van der Waals surface area contributed by atoms with Crippen molar-refractivity contribution in [2.24, 2.45) is 10.9 Å². The lowest BCUT2D eigenvalue weighted by Crippen LogP contribution is -2.50. The van der Waals surface area contributed by atoms with Gasteiger partial charge in [-0.25, -0.2) is 0 Å². The summed E-state index contributed by atoms with van der Waals surface area (Å²) in [5, 5.41) is 21.6. The number of amidine groups is 1. The molecule has 0 aromatic heterocycles. The van der Waals surface area contributed by atoms with E-state index in [2.05, 4.69) is 5.16 Å². The number of phenols is 1. The number of nitrogens with two attached hydrogens (primary N) is 1. The summed E-state index contributed by atoms with van der Waals surface area (Å²) in [4.78, 5) is 14.1. The van der Waals surface area contributed by atoms with Crippen LogP contribution in [0, 0.1) is 0 Å². The Kier molecular flexibility index (Phi) is 4.52. The number of oxime groups is 1. The number of rotatable bonds is 3. The second-order valence-corrected chi connectivity index (χ2v) is 4.92. The number of benzene rings is 1. The highest BCUT2D eigenvalue weighted by Crippen LogP contribution is 2.28. The topological polar surface area (TPSA) is 108 Å². The van der Waals surface area contributed by atoms with Crippen molar-refractivity contribution in [2.75, 3.05) is 13.7 Å². The van der Waals surface area contributed by atoms with Crippen molar-refractivity contribution in [3.8, 4) is 11.5 Å². The molecule has 0 spiro atoms. The molecule has 1 aliphatic heterocycles. The van der Waals surface area contributed by atoms with E-state index in [-0.39, 0.29) is 17.5 Å². The van der Waals surface area contributed by atoms with E-state index in [9.17, 15) is 9.90 Å². The summed E-state index contributed by atoms with van der Waals surface area (Å²) in [7, 11) is 1.44. The fourth-order valence-electron chi connectivity index (χ4n) is 2.54. The van der Waals surface area contributed by atoms with E-state index >= 15 is 0 Å². The van der Waals surface area contributed by atoms with Gasteiger partial charge < -0.3 is 25.7 Å². The SMILES string of the molecule is COc1ccc(C(=O)N2CCCCC2C(N)=NO)cc1O. The molecule has 0 saturated carbocycles. The second kappa shape index (κ2) is 6.34. The van der Waals surface area contributed by atoms with Gasteiger partial charge in [0.05, 0.1) is 13.2 Å². The summed E-state index contributed by atoms with van der Waals surface area (Å²) in [5.74, 6) is -0.0241. The summed E-state index contributed by atoms with van der Waals surface area (Å²) in [5.41, 5.74) is 6.01. The largest absolute Gasteiger partial charge is 0.504 e. The fraction of sp³-hybridized carbons (Fsp3) is 0.429. The summed E-state index contributed by atoms with van der Waals surface area (Å²) < 4.78 is 4.95. The second-order valence-electron chi connectivity index (χ2n) is 4.92. The first kappa shape index (κ1) is 15.0. The van der Waals surface area contributed by atoms with Crippen LogP contribution in [0.1, 0.15) is 29.6 Å². The van der Waals surface area contributed by atoms with Gasteiger partial charge in [-0.1, -0.05) is 5.16 Å². The minimum absolute atomic E-state index is 0.0285. The zero-order valence-corrected chi connectivity index (χ0v) is 11.8. The Hall–Kier alpha value is -2.44. The number of ether oxygens (including phenoxy) is 1. The lowest BCUT2D eigenvalue weighted by molar-refractivity contribution is 0.0676. The van der Waals surface area contributed by atoms with Crippen molar-refractivity contribution in [3.63, 3.8) is 0 Å². The molecule has 1 aromatic rings. The Bertz CT molecular complexity index is 559. The Morgan fingerprint density at radius 2 is 2.24 bits per heavy atom. The normalized spacial score (nSPS) is 19.4. The molecule has 0 radical (unpaired) electrons. The van der Waals surface area contributed by atoms with E-state index in [4.69, 9.17) is 15.7 Å². The first-order valence-electron chi connectivity index (χ1n) is 6.74. The number of aromatic hydroxyl groups is 1. The highest BCUT2D eigenvalue weighted by atomic mass is 16.5. The molecule has 1 fully saturated rings. The fourth-order valence-corrected chi connectivity index (χ4v) is 2.54. The molecule has 7 nitrogen and oxygen atoms in total. The quantitative estimate of drug-likeness (QED) is 0.335. The van der Waals surface area contributed by atoms with E-state index < -0.39 is 6.04 Å². The van der Waals surface area contributed by atoms with Gasteiger partial charge in [-0.15, -0.1) is 0 Å². The van der Waals surface area contributed by atoms with E-state index in [0.717, 1.165) is 12.8 Å². The molecule has 4 N–H and O–H groups in total. The maximum Gasteiger partial charge on any atom is 0.254 e. The number of amides is 1. The Balaban J connectivity index is 2.26. The van der Waals surface area contributed by atoms with E-state index in [1.807, 2.05) is 0 Å². The predicted octanol–water partition coefficient (Wildman–Crippen LogP) is 1.14. The third kappa shape index (κ3) is 3.01. The minimum atomic E-state index is -0.416. The van der Waals surface area contributed by atoms with Crippen molar-refractivity contribution >= 4 is 11.7 Å². The zero-order chi connectivity index (χ0) is 15.4. The van der Waals surface area contributed by atoms with Crippen molar-refractivity contribution in [3.05, 3.63) is 23.8 Å². The molecule has 0 aliphatic carbocycles. The number of piperidine rings is 1. The minimum Gasteiger partial charge on any atom is -0.504 e. The smallest absolute Gasteiger partial charge is 0.254 e. The third-order valence-electron chi connectivity index (χ3n) is 3.65. The van der Waals surface area contributed by atoms with Crippen molar-refractivity contribution in [1.82, 2.24) is 4.90 Å². The number of likely N-dealkylation sites (tertiary alicyclic amines) is 1. The molecular weight excluding hydrogens is 274 g/mol. The number of nitrogens with zero attached hydrogens (tertiary/aromatic N) is 2. The molecular formula is C14H19N3O4. The van der Waals surface area contributed by atoms with Gasteiger partial charge in [-0.2, -0.15) is 0 Å². The van der Waals surface area contributed by atoms with Crippen molar-refractivity contribution < 1.29 is 19.8 Å². The van der Waals surface area contributed by atoms with Crippen LogP contribution in [0.4, 0.5) is 0 Å². The van der Waals surface area contributed by atoms with Crippen LogP contribution >= 0.6 is 0 Å². The molecule has 114 valence electrons. The van der Waals surface area contributed by atoms with Gasteiger partial charge in [0.25, 0.3) is 5.91 Å². The average molecular weight is 293 g/mol. The summed E-state index contributed by atoms with van der Waals surface area (Å²) >= 11 is 0. The number of hydrogen-bond donors (Lipinski definition) is 3. The molecule has 1 unspecified atom stereocenters. The van der Waals surface area contributed by atoms with Crippen LogP contribution in [-0.2, 0) is 0 Å².